The summed E-state index contributed by atoms with van der Waals surface area (Å²) in [5.74, 6) is 3.47. The van der Waals surface area contributed by atoms with Crippen molar-refractivity contribution in [2.75, 3.05) is 30.3 Å². The summed E-state index contributed by atoms with van der Waals surface area (Å²) in [6.45, 7) is 8.91. The first kappa shape index (κ1) is 14.6. The van der Waals surface area contributed by atoms with Crippen LogP contribution in [0.25, 0.3) is 0 Å². The standard InChI is InChI=1S/C16H26N4O/c1-4-17-13-11(2)14(20-15(19-13)12-6-7-12)18-10-16(3)8-5-9-21-16/h12H,4-10H2,1-3H3,(H2,17,18,19,20). The Morgan fingerprint density at radius 3 is 2.52 bits per heavy atom. The molecule has 1 saturated heterocycles. The summed E-state index contributed by atoms with van der Waals surface area (Å²) < 4.78 is 5.85. The van der Waals surface area contributed by atoms with E-state index in [4.69, 9.17) is 9.72 Å². The van der Waals surface area contributed by atoms with Crippen LogP contribution < -0.4 is 10.6 Å². The predicted molar refractivity (Wildman–Crippen MR) is 85.0 cm³/mol. The molecule has 5 heteroatoms. The van der Waals surface area contributed by atoms with Gasteiger partial charge in [-0.3, -0.25) is 0 Å². The van der Waals surface area contributed by atoms with E-state index in [0.717, 1.165) is 55.6 Å². The molecule has 1 unspecified atom stereocenters. The predicted octanol–water partition coefficient (Wildman–Crippen LogP) is 3.08. The van der Waals surface area contributed by atoms with E-state index in [-0.39, 0.29) is 5.60 Å². The van der Waals surface area contributed by atoms with Crippen molar-refractivity contribution in [3.8, 4) is 0 Å². The van der Waals surface area contributed by atoms with Crippen molar-refractivity contribution < 1.29 is 4.74 Å². The van der Waals surface area contributed by atoms with E-state index in [2.05, 4.69) is 36.4 Å². The van der Waals surface area contributed by atoms with Gasteiger partial charge in [-0.05, 0) is 46.5 Å². The zero-order valence-corrected chi connectivity index (χ0v) is 13.3. The van der Waals surface area contributed by atoms with E-state index in [1.54, 1.807) is 0 Å². The largest absolute Gasteiger partial charge is 0.373 e. The van der Waals surface area contributed by atoms with E-state index in [1.807, 2.05) is 0 Å². The first-order valence-corrected chi connectivity index (χ1v) is 8.11. The van der Waals surface area contributed by atoms with Gasteiger partial charge in [0.2, 0.25) is 0 Å². The quantitative estimate of drug-likeness (QED) is 0.843. The fourth-order valence-electron chi connectivity index (χ4n) is 2.82. The first-order valence-electron chi connectivity index (χ1n) is 8.11. The molecule has 2 fully saturated rings. The molecular formula is C16H26N4O. The van der Waals surface area contributed by atoms with Crippen LogP contribution in [0.3, 0.4) is 0 Å². The van der Waals surface area contributed by atoms with Gasteiger partial charge < -0.3 is 15.4 Å². The molecule has 0 spiro atoms. The van der Waals surface area contributed by atoms with E-state index in [9.17, 15) is 0 Å². The van der Waals surface area contributed by atoms with Gasteiger partial charge in [-0.2, -0.15) is 0 Å². The van der Waals surface area contributed by atoms with Gasteiger partial charge in [-0.1, -0.05) is 0 Å². The number of aromatic nitrogens is 2. The normalized spacial score (nSPS) is 25.1. The zero-order valence-electron chi connectivity index (χ0n) is 13.3. The van der Waals surface area contributed by atoms with Gasteiger partial charge in [0.05, 0.1) is 5.60 Å². The van der Waals surface area contributed by atoms with E-state index in [1.165, 1.54) is 12.8 Å². The summed E-state index contributed by atoms with van der Waals surface area (Å²) >= 11 is 0. The second kappa shape index (κ2) is 5.79. The Labute approximate surface area is 126 Å². The summed E-state index contributed by atoms with van der Waals surface area (Å²) in [5.41, 5.74) is 1.04. The number of hydrogen-bond acceptors (Lipinski definition) is 5. The van der Waals surface area contributed by atoms with Gasteiger partial charge in [0.15, 0.2) is 0 Å². The summed E-state index contributed by atoms with van der Waals surface area (Å²) in [5, 5.41) is 6.86. The average Bonchev–Trinajstić information content (AvgIpc) is 3.23. The molecule has 1 aromatic heterocycles. The fourth-order valence-corrected chi connectivity index (χ4v) is 2.82. The third-order valence-electron chi connectivity index (χ3n) is 4.38. The molecule has 0 aromatic carbocycles. The number of hydrogen-bond donors (Lipinski definition) is 2. The molecule has 2 aliphatic rings. The molecule has 116 valence electrons. The van der Waals surface area contributed by atoms with Crippen LogP contribution in [0.2, 0.25) is 0 Å². The highest BCUT2D eigenvalue weighted by molar-refractivity contribution is 5.57. The molecule has 1 atom stereocenters. The average molecular weight is 290 g/mol. The number of nitrogens with one attached hydrogen (secondary N) is 2. The van der Waals surface area contributed by atoms with Crippen LogP contribution >= 0.6 is 0 Å². The minimum Gasteiger partial charge on any atom is -0.373 e. The molecule has 0 radical (unpaired) electrons. The van der Waals surface area contributed by atoms with Gasteiger partial charge >= 0.3 is 0 Å². The smallest absolute Gasteiger partial charge is 0.136 e. The number of nitrogens with zero attached hydrogens (tertiary/aromatic N) is 2. The lowest BCUT2D eigenvalue weighted by Gasteiger charge is -2.24. The number of ether oxygens (including phenoxy) is 1. The minimum absolute atomic E-state index is 0.0600. The van der Waals surface area contributed by atoms with E-state index in [0.29, 0.717) is 5.92 Å². The van der Waals surface area contributed by atoms with Crippen LogP contribution in [-0.4, -0.2) is 35.3 Å². The molecule has 0 amide bonds. The van der Waals surface area contributed by atoms with Crippen molar-refractivity contribution in [2.45, 2.75) is 58.0 Å². The molecule has 2 heterocycles. The van der Waals surface area contributed by atoms with Crippen molar-refractivity contribution in [2.24, 2.45) is 0 Å². The van der Waals surface area contributed by atoms with E-state index >= 15 is 0 Å². The number of rotatable bonds is 6. The van der Waals surface area contributed by atoms with Gasteiger partial charge in [-0.15, -0.1) is 0 Å². The van der Waals surface area contributed by atoms with Crippen LogP contribution in [0.15, 0.2) is 0 Å². The molecule has 3 rings (SSSR count). The highest BCUT2D eigenvalue weighted by Crippen LogP contribution is 2.39. The minimum atomic E-state index is -0.0600. The van der Waals surface area contributed by atoms with Gasteiger partial charge in [0.25, 0.3) is 0 Å². The monoisotopic (exact) mass is 290 g/mol. The fraction of sp³-hybridized carbons (Fsp3) is 0.750. The van der Waals surface area contributed by atoms with Crippen molar-refractivity contribution in [3.05, 3.63) is 11.4 Å². The molecular weight excluding hydrogens is 264 g/mol. The van der Waals surface area contributed by atoms with Crippen molar-refractivity contribution in [1.29, 1.82) is 0 Å². The lowest BCUT2D eigenvalue weighted by Crippen LogP contribution is -2.33. The highest BCUT2D eigenvalue weighted by atomic mass is 16.5. The number of anilines is 2. The highest BCUT2D eigenvalue weighted by Gasteiger charge is 2.31. The van der Waals surface area contributed by atoms with Gasteiger partial charge in [-0.25, -0.2) is 9.97 Å². The summed E-state index contributed by atoms with van der Waals surface area (Å²) in [4.78, 5) is 9.44. The second-order valence-electron chi connectivity index (χ2n) is 6.46. The van der Waals surface area contributed by atoms with Crippen molar-refractivity contribution >= 4 is 11.6 Å². The third kappa shape index (κ3) is 3.28. The van der Waals surface area contributed by atoms with E-state index < -0.39 is 0 Å². The molecule has 1 aromatic rings. The molecule has 5 nitrogen and oxygen atoms in total. The summed E-state index contributed by atoms with van der Waals surface area (Å²) in [6.07, 6.45) is 4.69. The molecule has 1 aliphatic heterocycles. The Balaban J connectivity index is 1.78. The summed E-state index contributed by atoms with van der Waals surface area (Å²) in [7, 11) is 0. The maximum absolute atomic E-state index is 5.85. The molecule has 1 saturated carbocycles. The third-order valence-corrected chi connectivity index (χ3v) is 4.38. The summed E-state index contributed by atoms with van der Waals surface area (Å²) in [6, 6.07) is 0. The maximum atomic E-state index is 5.85. The van der Waals surface area contributed by atoms with Crippen LogP contribution in [-0.2, 0) is 4.74 Å². The van der Waals surface area contributed by atoms with Crippen LogP contribution in [0.1, 0.15) is 56.8 Å². The zero-order chi connectivity index (χ0) is 14.9. The Morgan fingerprint density at radius 2 is 1.95 bits per heavy atom. The lowest BCUT2D eigenvalue weighted by molar-refractivity contribution is 0.0314. The maximum Gasteiger partial charge on any atom is 0.136 e. The van der Waals surface area contributed by atoms with Gasteiger partial charge in [0, 0.05) is 31.2 Å². The first-order chi connectivity index (χ1) is 10.1. The lowest BCUT2D eigenvalue weighted by atomic mass is 10.0. The van der Waals surface area contributed by atoms with Crippen molar-refractivity contribution in [1.82, 2.24) is 9.97 Å². The topological polar surface area (TPSA) is 59.1 Å². The Bertz CT molecular complexity index is 507. The van der Waals surface area contributed by atoms with Gasteiger partial charge in [0.1, 0.15) is 17.5 Å². The second-order valence-corrected chi connectivity index (χ2v) is 6.46. The molecule has 0 bridgehead atoms. The molecule has 2 N–H and O–H groups in total. The van der Waals surface area contributed by atoms with Crippen molar-refractivity contribution in [3.63, 3.8) is 0 Å². The Kier molecular flexibility index (Phi) is 4.02. The Hall–Kier alpha value is -1.36. The SMILES string of the molecule is CCNc1nc(C2CC2)nc(NCC2(C)CCCO2)c1C. The Morgan fingerprint density at radius 1 is 1.24 bits per heavy atom. The van der Waals surface area contributed by atoms with Crippen LogP contribution in [0.4, 0.5) is 11.6 Å². The van der Waals surface area contributed by atoms with Crippen LogP contribution in [0, 0.1) is 6.92 Å². The molecule has 1 aliphatic carbocycles. The van der Waals surface area contributed by atoms with Crippen LogP contribution in [0.5, 0.6) is 0 Å². The molecule has 21 heavy (non-hydrogen) atoms.